The molecule has 0 saturated carbocycles. The lowest BCUT2D eigenvalue weighted by Gasteiger charge is -1.94. The molecule has 0 atom stereocenters. The molecule has 0 spiro atoms. The summed E-state index contributed by atoms with van der Waals surface area (Å²) in [5.41, 5.74) is 0.0739. The average Bonchev–Trinajstić information content (AvgIpc) is 2.48. The molecule has 0 bridgehead atoms. The molecule has 0 aromatic heterocycles. The van der Waals surface area contributed by atoms with E-state index in [0.717, 1.165) is 12.1 Å². The summed E-state index contributed by atoms with van der Waals surface area (Å²) in [6.45, 7) is 0. The molecule has 2 N–H and O–H groups in total. The highest BCUT2D eigenvalue weighted by Crippen LogP contribution is 2.14. The summed E-state index contributed by atoms with van der Waals surface area (Å²) in [5.74, 6) is -2.09. The van der Waals surface area contributed by atoms with Crippen molar-refractivity contribution < 1.29 is 24.7 Å². The van der Waals surface area contributed by atoms with Gasteiger partial charge in [0.15, 0.2) is 0 Å². The number of rotatable bonds is 3. The van der Waals surface area contributed by atoms with Crippen LogP contribution in [-0.4, -0.2) is 27.1 Å². The molecule has 2 rings (SSSR count). The first-order valence-corrected chi connectivity index (χ1v) is 6.16. The lowest BCUT2D eigenvalue weighted by molar-refractivity contribution is -0.384. The van der Waals surface area contributed by atoms with E-state index in [9.17, 15) is 19.7 Å². The van der Waals surface area contributed by atoms with Gasteiger partial charge in [0.1, 0.15) is 0 Å². The molecule has 2 aromatic carbocycles. The number of aromatic carboxylic acids is 2. The summed E-state index contributed by atoms with van der Waals surface area (Å²) in [6.07, 6.45) is 0. The third-order valence-corrected chi connectivity index (χ3v) is 2.76. The van der Waals surface area contributed by atoms with Gasteiger partial charge in [0, 0.05) is 12.1 Å². The lowest BCUT2D eigenvalue weighted by Crippen LogP contribution is -1.96. The maximum Gasteiger partial charge on any atom is 0.337 e. The Labute approximate surface area is 129 Å². The number of nitro benzene ring substituents is 1. The van der Waals surface area contributed by atoms with Gasteiger partial charge in [0.05, 0.1) is 21.1 Å². The van der Waals surface area contributed by atoms with Crippen molar-refractivity contribution in [3.05, 3.63) is 74.8 Å². The van der Waals surface area contributed by atoms with Crippen LogP contribution >= 0.6 is 11.6 Å². The molecule has 0 amide bonds. The highest BCUT2D eigenvalue weighted by Gasteiger charge is 2.07. The number of carboxylic acids is 2. The van der Waals surface area contributed by atoms with Crippen LogP contribution in [0.15, 0.2) is 48.5 Å². The summed E-state index contributed by atoms with van der Waals surface area (Å²) in [7, 11) is 0. The van der Waals surface area contributed by atoms with Crippen LogP contribution in [0.4, 0.5) is 5.69 Å². The normalized spacial score (nSPS) is 9.32. The van der Waals surface area contributed by atoms with Crippen LogP contribution in [-0.2, 0) is 0 Å². The Balaban J connectivity index is 0.000000224. The molecule has 0 unspecified atom stereocenters. The van der Waals surface area contributed by atoms with Crippen LogP contribution in [0.1, 0.15) is 20.7 Å². The predicted octanol–water partition coefficient (Wildman–Crippen LogP) is 3.33. The SMILES string of the molecule is O=C(O)c1ccc([N+](=O)[O-])cc1.O=C(O)c1ccccc1Cl. The zero-order valence-corrected chi connectivity index (χ0v) is 11.7. The van der Waals surface area contributed by atoms with E-state index in [-0.39, 0.29) is 21.8 Å². The van der Waals surface area contributed by atoms with Gasteiger partial charge in [-0.05, 0) is 24.3 Å². The number of nitro groups is 1. The molecular weight excluding hydrogens is 314 g/mol. The summed E-state index contributed by atoms with van der Waals surface area (Å²) >= 11 is 5.54. The van der Waals surface area contributed by atoms with Gasteiger partial charge in [-0.3, -0.25) is 10.1 Å². The van der Waals surface area contributed by atoms with E-state index >= 15 is 0 Å². The van der Waals surface area contributed by atoms with Gasteiger partial charge < -0.3 is 10.2 Å². The van der Waals surface area contributed by atoms with Crippen LogP contribution in [0, 0.1) is 10.1 Å². The Morgan fingerprint density at radius 2 is 1.50 bits per heavy atom. The lowest BCUT2D eigenvalue weighted by atomic mass is 10.2. The van der Waals surface area contributed by atoms with Gasteiger partial charge in [-0.1, -0.05) is 23.7 Å². The minimum atomic E-state index is -1.09. The first-order chi connectivity index (χ1) is 10.3. The zero-order chi connectivity index (χ0) is 16.7. The standard InChI is InChI=1S/C7H5ClO2.C7H5NO4/c8-6-4-2-1-3-5(6)7(9)10;9-7(10)5-1-3-6(4-2-5)8(11)12/h1-4H,(H,9,10);1-4H,(H,9,10). The van der Waals surface area contributed by atoms with Crippen molar-refractivity contribution in [1.82, 2.24) is 0 Å². The molecule has 7 nitrogen and oxygen atoms in total. The van der Waals surface area contributed by atoms with Crippen LogP contribution in [0.3, 0.4) is 0 Å². The summed E-state index contributed by atoms with van der Waals surface area (Å²) in [5, 5.41) is 27.3. The van der Waals surface area contributed by atoms with Crippen LogP contribution in [0.25, 0.3) is 0 Å². The Morgan fingerprint density at radius 1 is 0.955 bits per heavy atom. The Morgan fingerprint density at radius 3 is 1.86 bits per heavy atom. The smallest absolute Gasteiger partial charge is 0.337 e. The molecule has 2 aromatic rings. The second-order valence-electron chi connectivity index (χ2n) is 3.89. The highest BCUT2D eigenvalue weighted by atomic mass is 35.5. The van der Waals surface area contributed by atoms with Gasteiger partial charge in [0.2, 0.25) is 0 Å². The number of non-ortho nitro benzene ring substituents is 1. The summed E-state index contributed by atoms with van der Waals surface area (Å²) < 4.78 is 0. The maximum atomic E-state index is 10.3. The highest BCUT2D eigenvalue weighted by molar-refractivity contribution is 6.33. The number of halogens is 1. The summed E-state index contributed by atoms with van der Waals surface area (Å²) in [4.78, 5) is 30.2. The van der Waals surface area contributed by atoms with E-state index in [1.807, 2.05) is 0 Å². The van der Waals surface area contributed by atoms with Crippen molar-refractivity contribution in [3.63, 3.8) is 0 Å². The Kier molecular flexibility index (Phi) is 6.03. The number of carbonyl (C=O) groups is 2. The molecule has 0 aliphatic heterocycles. The van der Waals surface area contributed by atoms with E-state index in [1.165, 1.54) is 18.2 Å². The third kappa shape index (κ3) is 4.88. The van der Waals surface area contributed by atoms with Crippen LogP contribution in [0.5, 0.6) is 0 Å². The minimum absolute atomic E-state index is 0.0422. The van der Waals surface area contributed by atoms with Crippen LogP contribution in [0.2, 0.25) is 5.02 Å². The van der Waals surface area contributed by atoms with Crippen molar-refractivity contribution in [2.75, 3.05) is 0 Å². The first kappa shape index (κ1) is 17.1. The number of hydrogen-bond acceptors (Lipinski definition) is 4. The second kappa shape index (κ2) is 7.75. The van der Waals surface area contributed by atoms with Crippen LogP contribution < -0.4 is 0 Å². The topological polar surface area (TPSA) is 118 Å². The number of hydrogen-bond donors (Lipinski definition) is 2. The number of carboxylic acid groups (broad SMARTS) is 2. The number of benzene rings is 2. The quantitative estimate of drug-likeness (QED) is 0.660. The van der Waals surface area contributed by atoms with E-state index in [1.54, 1.807) is 18.2 Å². The molecule has 22 heavy (non-hydrogen) atoms. The fourth-order valence-electron chi connectivity index (χ4n) is 1.36. The second-order valence-corrected chi connectivity index (χ2v) is 4.30. The Bertz CT molecular complexity index is 666. The number of nitrogens with zero attached hydrogens (tertiary/aromatic N) is 1. The molecule has 0 fully saturated rings. The fraction of sp³-hybridized carbons (Fsp3) is 0. The van der Waals surface area contributed by atoms with Gasteiger partial charge in [-0.15, -0.1) is 0 Å². The molecular formula is C14H10ClNO6. The molecule has 0 heterocycles. The van der Waals surface area contributed by atoms with Gasteiger partial charge >= 0.3 is 11.9 Å². The largest absolute Gasteiger partial charge is 0.478 e. The molecule has 0 saturated heterocycles. The maximum absolute atomic E-state index is 10.3. The van der Waals surface area contributed by atoms with E-state index in [0.29, 0.717) is 0 Å². The van der Waals surface area contributed by atoms with Gasteiger partial charge in [0.25, 0.3) is 5.69 Å². The predicted molar refractivity (Wildman–Crippen MR) is 78.5 cm³/mol. The zero-order valence-electron chi connectivity index (χ0n) is 11.0. The molecule has 8 heteroatoms. The molecule has 0 radical (unpaired) electrons. The molecule has 114 valence electrons. The van der Waals surface area contributed by atoms with E-state index in [2.05, 4.69) is 0 Å². The average molecular weight is 324 g/mol. The van der Waals surface area contributed by atoms with E-state index < -0.39 is 16.9 Å². The van der Waals surface area contributed by atoms with Crippen molar-refractivity contribution in [3.8, 4) is 0 Å². The van der Waals surface area contributed by atoms with Crippen molar-refractivity contribution in [1.29, 1.82) is 0 Å². The van der Waals surface area contributed by atoms with E-state index in [4.69, 9.17) is 21.8 Å². The third-order valence-electron chi connectivity index (χ3n) is 2.43. The van der Waals surface area contributed by atoms with Gasteiger partial charge in [-0.25, -0.2) is 9.59 Å². The minimum Gasteiger partial charge on any atom is -0.478 e. The van der Waals surface area contributed by atoms with Gasteiger partial charge in [-0.2, -0.15) is 0 Å². The monoisotopic (exact) mass is 323 g/mol. The van der Waals surface area contributed by atoms with Crippen molar-refractivity contribution in [2.45, 2.75) is 0 Å². The fourth-order valence-corrected chi connectivity index (χ4v) is 1.58. The molecule has 0 aliphatic carbocycles. The first-order valence-electron chi connectivity index (χ1n) is 5.78. The Hall–Kier alpha value is -2.93. The van der Waals surface area contributed by atoms with Crippen molar-refractivity contribution in [2.24, 2.45) is 0 Å². The van der Waals surface area contributed by atoms with Crippen molar-refractivity contribution >= 4 is 29.2 Å². The summed E-state index contributed by atoms with van der Waals surface area (Å²) in [6, 6.07) is 11.0. The molecule has 0 aliphatic rings.